The van der Waals surface area contributed by atoms with Crippen LogP contribution in [-0.4, -0.2) is 22.5 Å². The maximum atomic E-state index is 13.7. The molecule has 0 unspecified atom stereocenters. The van der Waals surface area contributed by atoms with Crippen molar-refractivity contribution in [1.82, 2.24) is 5.32 Å². The molecule has 0 fully saturated rings. The normalized spacial score (nSPS) is 10.1. The van der Waals surface area contributed by atoms with Crippen LogP contribution < -0.4 is 15.4 Å². The number of nitrogens with one attached hydrogen (secondary N) is 2. The van der Waals surface area contributed by atoms with E-state index in [0.717, 1.165) is 28.2 Å². The minimum atomic E-state index is -0.742. The van der Waals surface area contributed by atoms with Crippen LogP contribution in [-0.2, 0) is 4.79 Å². The quantitative estimate of drug-likeness (QED) is 0.417. The molecule has 0 aliphatic heterocycles. The molecule has 1 amide bonds. The lowest BCUT2D eigenvalue weighted by atomic mass is 10.2. The number of anilines is 1. The second kappa shape index (κ2) is 8.68. The van der Waals surface area contributed by atoms with Crippen LogP contribution >= 0.6 is 28.1 Å². The van der Waals surface area contributed by atoms with E-state index in [1.54, 1.807) is 12.1 Å². The van der Waals surface area contributed by atoms with Gasteiger partial charge in [0.15, 0.2) is 11.7 Å². The number of thiocarbonyl (C=S) groups is 1. The van der Waals surface area contributed by atoms with E-state index in [1.807, 2.05) is 13.0 Å². The van der Waals surface area contributed by atoms with E-state index in [4.69, 9.17) is 17.0 Å². The second-order valence-electron chi connectivity index (χ2n) is 5.12. The predicted octanol–water partition coefficient (Wildman–Crippen LogP) is 3.70. The van der Waals surface area contributed by atoms with Gasteiger partial charge in [0.25, 0.3) is 11.6 Å². The first-order valence-corrected chi connectivity index (χ1v) is 8.40. The third kappa shape index (κ3) is 5.46. The van der Waals surface area contributed by atoms with E-state index >= 15 is 0 Å². The Morgan fingerprint density at radius 3 is 2.73 bits per heavy atom. The summed E-state index contributed by atoms with van der Waals surface area (Å²) in [6.45, 7) is 1.52. The van der Waals surface area contributed by atoms with Crippen LogP contribution in [0.2, 0.25) is 0 Å². The molecular formula is C16H13BrFN3O4S. The maximum absolute atomic E-state index is 13.7. The van der Waals surface area contributed by atoms with Crippen molar-refractivity contribution in [3.05, 3.63) is 62.4 Å². The average Bonchev–Trinajstić information content (AvgIpc) is 2.55. The molecule has 2 aromatic rings. The first-order chi connectivity index (χ1) is 12.3. The van der Waals surface area contributed by atoms with E-state index in [2.05, 4.69) is 26.6 Å². The smallest absolute Gasteiger partial charge is 0.271 e. The van der Waals surface area contributed by atoms with Gasteiger partial charge in [0.05, 0.1) is 10.6 Å². The number of amides is 1. The summed E-state index contributed by atoms with van der Waals surface area (Å²) < 4.78 is 20.0. The third-order valence-electron chi connectivity index (χ3n) is 3.16. The van der Waals surface area contributed by atoms with E-state index in [-0.39, 0.29) is 23.1 Å². The van der Waals surface area contributed by atoms with Crippen molar-refractivity contribution in [2.24, 2.45) is 0 Å². The number of nitro groups is 1. The summed E-state index contributed by atoms with van der Waals surface area (Å²) in [7, 11) is 0. The molecule has 10 heteroatoms. The minimum absolute atomic E-state index is 0.203. The molecule has 0 aliphatic carbocycles. The van der Waals surface area contributed by atoms with Gasteiger partial charge in [0.2, 0.25) is 0 Å². The molecule has 0 bridgehead atoms. The first kappa shape index (κ1) is 19.7. The van der Waals surface area contributed by atoms with Crippen molar-refractivity contribution in [1.29, 1.82) is 0 Å². The van der Waals surface area contributed by atoms with Crippen LogP contribution in [0, 0.1) is 22.9 Å². The van der Waals surface area contributed by atoms with Crippen LogP contribution in [0.1, 0.15) is 5.56 Å². The van der Waals surface area contributed by atoms with Gasteiger partial charge in [-0.25, -0.2) is 4.39 Å². The second-order valence-corrected chi connectivity index (χ2v) is 6.45. The lowest BCUT2D eigenvalue weighted by Crippen LogP contribution is -2.37. The topological polar surface area (TPSA) is 93.5 Å². The van der Waals surface area contributed by atoms with Crippen molar-refractivity contribution >= 4 is 50.5 Å². The minimum Gasteiger partial charge on any atom is -0.483 e. The van der Waals surface area contributed by atoms with Gasteiger partial charge in [0, 0.05) is 16.6 Å². The number of hydrogen-bond acceptors (Lipinski definition) is 5. The van der Waals surface area contributed by atoms with Gasteiger partial charge in [-0.3, -0.25) is 20.2 Å². The summed E-state index contributed by atoms with van der Waals surface area (Å²) in [4.78, 5) is 21.9. The fourth-order valence-corrected chi connectivity index (χ4v) is 2.66. The summed E-state index contributed by atoms with van der Waals surface area (Å²) in [6.07, 6.45) is 0. The highest BCUT2D eigenvalue weighted by Crippen LogP contribution is 2.22. The van der Waals surface area contributed by atoms with Crippen molar-refractivity contribution < 1.29 is 18.8 Å². The molecule has 0 spiro atoms. The Bertz CT molecular complexity index is 879. The average molecular weight is 442 g/mol. The van der Waals surface area contributed by atoms with Crippen molar-refractivity contribution in [2.45, 2.75) is 6.92 Å². The van der Waals surface area contributed by atoms with Crippen LogP contribution in [0.25, 0.3) is 0 Å². The SMILES string of the molecule is Cc1cc(Br)ccc1OCC(=O)NC(=S)Nc1cc([N+](=O)[O-])ccc1F. The van der Waals surface area contributed by atoms with Gasteiger partial charge < -0.3 is 10.1 Å². The van der Waals surface area contributed by atoms with Crippen molar-refractivity contribution in [3.63, 3.8) is 0 Å². The van der Waals surface area contributed by atoms with E-state index in [9.17, 15) is 19.3 Å². The zero-order valence-corrected chi connectivity index (χ0v) is 15.8. The number of benzene rings is 2. The molecule has 0 heterocycles. The van der Waals surface area contributed by atoms with Gasteiger partial charge in [-0.2, -0.15) is 0 Å². The lowest BCUT2D eigenvalue weighted by Gasteiger charge is -2.12. The molecule has 136 valence electrons. The van der Waals surface area contributed by atoms with Gasteiger partial charge in [-0.1, -0.05) is 15.9 Å². The summed E-state index contributed by atoms with van der Waals surface area (Å²) in [5.74, 6) is -0.767. The number of non-ortho nitro benzene ring substituents is 1. The van der Waals surface area contributed by atoms with Gasteiger partial charge in [0.1, 0.15) is 11.6 Å². The molecule has 0 radical (unpaired) electrons. The number of aryl methyl sites for hydroxylation is 1. The van der Waals surface area contributed by atoms with Crippen molar-refractivity contribution in [3.8, 4) is 5.75 Å². The van der Waals surface area contributed by atoms with Crippen LogP contribution in [0.4, 0.5) is 15.8 Å². The zero-order chi connectivity index (χ0) is 19.3. The number of ether oxygens (including phenoxy) is 1. The molecule has 2 rings (SSSR count). The van der Waals surface area contributed by atoms with Gasteiger partial charge >= 0.3 is 0 Å². The number of nitrogens with zero attached hydrogens (tertiary/aromatic N) is 1. The van der Waals surface area contributed by atoms with Crippen LogP contribution in [0.3, 0.4) is 0 Å². The Labute approximate surface area is 161 Å². The van der Waals surface area contributed by atoms with E-state index < -0.39 is 16.6 Å². The molecule has 7 nitrogen and oxygen atoms in total. The Morgan fingerprint density at radius 2 is 2.08 bits per heavy atom. The number of halogens is 2. The van der Waals surface area contributed by atoms with Crippen LogP contribution in [0.15, 0.2) is 40.9 Å². The summed E-state index contributed by atoms with van der Waals surface area (Å²) >= 11 is 8.24. The Morgan fingerprint density at radius 1 is 1.35 bits per heavy atom. The largest absolute Gasteiger partial charge is 0.483 e. The number of carbonyl (C=O) groups excluding carboxylic acids is 1. The zero-order valence-electron chi connectivity index (χ0n) is 13.4. The van der Waals surface area contributed by atoms with Gasteiger partial charge in [-0.05, 0) is 49.0 Å². The molecular weight excluding hydrogens is 429 g/mol. The number of carbonyl (C=O) groups is 1. The highest BCUT2D eigenvalue weighted by atomic mass is 79.9. The Kier molecular flexibility index (Phi) is 6.58. The molecule has 0 saturated heterocycles. The van der Waals surface area contributed by atoms with E-state index in [1.165, 1.54) is 0 Å². The first-order valence-electron chi connectivity index (χ1n) is 7.20. The predicted molar refractivity (Wildman–Crippen MR) is 102 cm³/mol. The summed E-state index contributed by atoms with van der Waals surface area (Å²) in [6, 6.07) is 8.26. The molecule has 0 aromatic heterocycles. The van der Waals surface area contributed by atoms with Crippen LogP contribution in [0.5, 0.6) is 5.75 Å². The fraction of sp³-hybridized carbons (Fsp3) is 0.125. The molecule has 0 atom stereocenters. The number of hydrogen-bond donors (Lipinski definition) is 2. The third-order valence-corrected chi connectivity index (χ3v) is 3.86. The monoisotopic (exact) mass is 441 g/mol. The number of rotatable bonds is 5. The fourth-order valence-electron chi connectivity index (χ4n) is 1.96. The maximum Gasteiger partial charge on any atom is 0.271 e. The molecule has 26 heavy (non-hydrogen) atoms. The molecule has 0 aliphatic rings. The highest BCUT2D eigenvalue weighted by Gasteiger charge is 2.13. The standard InChI is InChI=1S/C16H13BrFN3O4S/c1-9-6-10(17)2-5-14(9)25-8-15(22)20-16(26)19-13-7-11(21(23)24)3-4-12(13)18/h2-7H,8H2,1H3,(H2,19,20,22,26). The number of nitro benzene ring substituents is 1. The van der Waals surface area contributed by atoms with E-state index in [0.29, 0.717) is 5.75 Å². The molecule has 0 saturated carbocycles. The molecule has 2 N–H and O–H groups in total. The summed E-state index contributed by atoms with van der Waals surface area (Å²) in [5, 5.41) is 15.3. The Balaban J connectivity index is 1.92. The van der Waals surface area contributed by atoms with Gasteiger partial charge in [-0.15, -0.1) is 0 Å². The highest BCUT2D eigenvalue weighted by molar-refractivity contribution is 9.10. The Hall–Kier alpha value is -2.59. The van der Waals surface area contributed by atoms with Crippen molar-refractivity contribution in [2.75, 3.05) is 11.9 Å². The molecule has 2 aromatic carbocycles. The summed E-state index contributed by atoms with van der Waals surface area (Å²) in [5.41, 5.74) is 0.317. The lowest BCUT2D eigenvalue weighted by molar-refractivity contribution is -0.384.